The van der Waals surface area contributed by atoms with Crippen LogP contribution in [-0.2, 0) is 9.05 Å². The molecule has 18 heavy (non-hydrogen) atoms. The zero-order valence-corrected chi connectivity index (χ0v) is 11.3. The van der Waals surface area contributed by atoms with Crippen LogP contribution in [-0.4, -0.2) is 23.4 Å². The molecule has 2 N–H and O–H groups in total. The van der Waals surface area contributed by atoms with Crippen LogP contribution < -0.4 is 0 Å². The Morgan fingerprint density at radius 1 is 1.17 bits per heavy atom. The van der Waals surface area contributed by atoms with Gasteiger partial charge in [-0.2, -0.15) is 0 Å². The maximum absolute atomic E-state index is 11.6. The molecule has 0 aliphatic heterocycles. The molecule has 7 heteroatoms. The standard InChI is InChI=1S/C11H10ClN3O2S/c1-5-11(18(12,16)17)7-3-9-10(4-8(7)13-5)15-6(2)14-9/h3-4,13H,1-2H3,(H,14,15). The summed E-state index contributed by atoms with van der Waals surface area (Å²) in [4.78, 5) is 10.5. The molecule has 0 radical (unpaired) electrons. The van der Waals surface area contributed by atoms with Crippen molar-refractivity contribution >= 4 is 41.7 Å². The van der Waals surface area contributed by atoms with E-state index in [2.05, 4.69) is 15.0 Å². The number of benzene rings is 1. The molecule has 0 spiro atoms. The van der Waals surface area contributed by atoms with Gasteiger partial charge in [-0.05, 0) is 26.0 Å². The van der Waals surface area contributed by atoms with Crippen LogP contribution in [0.3, 0.4) is 0 Å². The maximum Gasteiger partial charge on any atom is 0.263 e. The molecule has 2 heterocycles. The van der Waals surface area contributed by atoms with Crippen LogP contribution >= 0.6 is 10.7 Å². The Balaban J connectivity index is 2.51. The topological polar surface area (TPSA) is 78.6 Å². The van der Waals surface area contributed by atoms with Gasteiger partial charge in [0.25, 0.3) is 9.05 Å². The Bertz CT molecular complexity index is 877. The van der Waals surface area contributed by atoms with Crippen molar-refractivity contribution in [3.63, 3.8) is 0 Å². The number of hydrogen-bond donors (Lipinski definition) is 2. The van der Waals surface area contributed by atoms with E-state index in [0.29, 0.717) is 16.6 Å². The third kappa shape index (κ3) is 1.60. The van der Waals surface area contributed by atoms with E-state index < -0.39 is 9.05 Å². The summed E-state index contributed by atoms with van der Waals surface area (Å²) in [5.74, 6) is 0.782. The highest BCUT2D eigenvalue weighted by atomic mass is 35.7. The lowest BCUT2D eigenvalue weighted by molar-refractivity contribution is 0.610. The van der Waals surface area contributed by atoms with Crippen molar-refractivity contribution in [3.05, 3.63) is 23.7 Å². The summed E-state index contributed by atoms with van der Waals surface area (Å²) in [5, 5.41) is 0.582. The van der Waals surface area contributed by atoms with Crippen molar-refractivity contribution in [2.24, 2.45) is 0 Å². The van der Waals surface area contributed by atoms with Crippen molar-refractivity contribution < 1.29 is 8.42 Å². The van der Waals surface area contributed by atoms with E-state index >= 15 is 0 Å². The number of H-pyrrole nitrogens is 2. The molecule has 3 aromatic rings. The smallest absolute Gasteiger partial charge is 0.263 e. The SMILES string of the molecule is Cc1nc2cc3[nH]c(C)c(S(=O)(=O)Cl)c3cc2[nH]1. The normalized spacial score (nSPS) is 12.6. The number of nitrogens with zero attached hydrogens (tertiary/aromatic N) is 1. The molecule has 2 aromatic heterocycles. The fourth-order valence-electron chi connectivity index (χ4n) is 2.25. The molecule has 0 saturated carbocycles. The van der Waals surface area contributed by atoms with Gasteiger partial charge in [0, 0.05) is 27.3 Å². The van der Waals surface area contributed by atoms with Crippen LogP contribution in [0.2, 0.25) is 0 Å². The minimum atomic E-state index is -3.77. The number of halogens is 1. The third-order valence-electron chi connectivity index (χ3n) is 2.89. The van der Waals surface area contributed by atoms with E-state index in [1.807, 2.05) is 13.0 Å². The van der Waals surface area contributed by atoms with Crippen molar-refractivity contribution in [1.29, 1.82) is 0 Å². The number of rotatable bonds is 1. The van der Waals surface area contributed by atoms with E-state index in [4.69, 9.17) is 10.7 Å². The van der Waals surface area contributed by atoms with Crippen molar-refractivity contribution in [3.8, 4) is 0 Å². The summed E-state index contributed by atoms with van der Waals surface area (Å²) >= 11 is 0. The van der Waals surface area contributed by atoms with E-state index in [1.54, 1.807) is 13.0 Å². The second kappa shape index (κ2) is 3.49. The van der Waals surface area contributed by atoms with Gasteiger partial charge in [0.05, 0.1) is 11.0 Å². The molecule has 0 atom stereocenters. The van der Waals surface area contributed by atoms with E-state index in [-0.39, 0.29) is 4.90 Å². The van der Waals surface area contributed by atoms with Gasteiger partial charge in [0.2, 0.25) is 0 Å². The Kier molecular flexibility index (Phi) is 2.24. The quantitative estimate of drug-likeness (QED) is 0.674. The van der Waals surface area contributed by atoms with Gasteiger partial charge in [0.1, 0.15) is 10.7 Å². The predicted molar refractivity (Wildman–Crippen MR) is 70.5 cm³/mol. The van der Waals surface area contributed by atoms with E-state index in [9.17, 15) is 8.42 Å². The lowest BCUT2D eigenvalue weighted by atomic mass is 10.2. The number of imidazole rings is 1. The molecule has 0 unspecified atom stereocenters. The predicted octanol–water partition coefficient (Wildman–Crippen LogP) is 2.59. The van der Waals surface area contributed by atoms with Crippen molar-refractivity contribution in [2.75, 3.05) is 0 Å². The molecule has 94 valence electrons. The zero-order chi connectivity index (χ0) is 13.1. The second-order valence-corrected chi connectivity index (χ2v) is 6.76. The van der Waals surface area contributed by atoms with Gasteiger partial charge >= 0.3 is 0 Å². The molecular formula is C11H10ClN3O2S. The monoisotopic (exact) mass is 283 g/mol. The summed E-state index contributed by atoms with van der Waals surface area (Å²) in [7, 11) is 1.70. The van der Waals surface area contributed by atoms with Gasteiger partial charge in [-0.15, -0.1) is 0 Å². The van der Waals surface area contributed by atoms with Gasteiger partial charge < -0.3 is 9.97 Å². The molecule has 1 aromatic carbocycles. The first-order chi connectivity index (χ1) is 8.36. The molecule has 0 aliphatic carbocycles. The number of nitrogens with one attached hydrogen (secondary N) is 2. The highest BCUT2D eigenvalue weighted by molar-refractivity contribution is 8.14. The van der Waals surface area contributed by atoms with E-state index in [1.165, 1.54) is 0 Å². The zero-order valence-electron chi connectivity index (χ0n) is 9.70. The van der Waals surface area contributed by atoms with Gasteiger partial charge in [-0.25, -0.2) is 13.4 Å². The number of hydrogen-bond acceptors (Lipinski definition) is 3. The average molecular weight is 284 g/mol. The summed E-state index contributed by atoms with van der Waals surface area (Å²) in [6.45, 7) is 3.53. The maximum atomic E-state index is 11.6. The van der Waals surface area contributed by atoms with Crippen LogP contribution in [0.15, 0.2) is 17.0 Å². The fraction of sp³-hybridized carbons (Fsp3) is 0.182. The number of aromatic amines is 2. The fourth-order valence-corrected chi connectivity index (χ4v) is 3.70. The molecule has 0 saturated heterocycles. The second-order valence-electron chi connectivity index (χ2n) is 4.25. The number of aromatic nitrogens is 3. The van der Waals surface area contributed by atoms with Crippen LogP contribution in [0.25, 0.3) is 21.9 Å². The molecule has 0 aliphatic rings. The lowest BCUT2D eigenvalue weighted by Gasteiger charge is -1.95. The first-order valence-electron chi connectivity index (χ1n) is 5.29. The molecule has 0 fully saturated rings. The number of aryl methyl sites for hydroxylation is 2. The molecule has 0 bridgehead atoms. The summed E-state index contributed by atoms with van der Waals surface area (Å²) in [6, 6.07) is 3.57. The van der Waals surface area contributed by atoms with Gasteiger partial charge in [-0.1, -0.05) is 0 Å². The minimum Gasteiger partial charge on any atom is -0.357 e. The Morgan fingerprint density at radius 2 is 1.89 bits per heavy atom. The van der Waals surface area contributed by atoms with Crippen LogP contribution in [0.4, 0.5) is 0 Å². The first kappa shape index (κ1) is 11.6. The molecule has 3 rings (SSSR count). The highest BCUT2D eigenvalue weighted by Gasteiger charge is 2.20. The van der Waals surface area contributed by atoms with E-state index in [0.717, 1.165) is 16.9 Å². The summed E-state index contributed by atoms with van der Waals surface area (Å²) in [5.41, 5.74) is 2.83. The van der Waals surface area contributed by atoms with Crippen LogP contribution in [0.5, 0.6) is 0 Å². The molecule has 5 nitrogen and oxygen atoms in total. The Morgan fingerprint density at radius 3 is 2.56 bits per heavy atom. The molecular weight excluding hydrogens is 274 g/mol. The van der Waals surface area contributed by atoms with Crippen LogP contribution in [0, 0.1) is 13.8 Å². The summed E-state index contributed by atoms with van der Waals surface area (Å²) < 4.78 is 23.2. The molecule has 0 amide bonds. The largest absolute Gasteiger partial charge is 0.357 e. The Hall–Kier alpha value is -1.53. The summed E-state index contributed by atoms with van der Waals surface area (Å²) in [6.07, 6.45) is 0. The minimum absolute atomic E-state index is 0.133. The van der Waals surface area contributed by atoms with Gasteiger partial charge in [-0.3, -0.25) is 0 Å². The lowest BCUT2D eigenvalue weighted by Crippen LogP contribution is -1.91. The number of fused-ring (bicyclic) bond motifs is 2. The Labute approximate surface area is 108 Å². The average Bonchev–Trinajstić information content (AvgIpc) is 2.69. The van der Waals surface area contributed by atoms with Crippen molar-refractivity contribution in [2.45, 2.75) is 18.7 Å². The van der Waals surface area contributed by atoms with Crippen molar-refractivity contribution in [1.82, 2.24) is 15.0 Å². The van der Waals surface area contributed by atoms with Crippen LogP contribution in [0.1, 0.15) is 11.5 Å². The first-order valence-corrected chi connectivity index (χ1v) is 7.60. The van der Waals surface area contributed by atoms with Gasteiger partial charge in [0.15, 0.2) is 0 Å². The third-order valence-corrected chi connectivity index (χ3v) is 4.37. The highest BCUT2D eigenvalue weighted by Crippen LogP contribution is 2.31.